The van der Waals surface area contributed by atoms with Crippen LogP contribution in [0.3, 0.4) is 0 Å². The molecule has 0 saturated carbocycles. The minimum atomic E-state index is -3.57. The Kier molecular flexibility index (Phi) is 2.85. The van der Waals surface area contributed by atoms with E-state index in [2.05, 4.69) is 4.98 Å². The van der Waals surface area contributed by atoms with Crippen molar-refractivity contribution in [1.29, 1.82) is 0 Å². The summed E-state index contributed by atoms with van der Waals surface area (Å²) in [6.07, 6.45) is 3.80. The summed E-state index contributed by atoms with van der Waals surface area (Å²) < 4.78 is 23.2. The van der Waals surface area contributed by atoms with Crippen molar-refractivity contribution in [3.63, 3.8) is 0 Å². The fourth-order valence-corrected chi connectivity index (χ4v) is 2.04. The van der Waals surface area contributed by atoms with Gasteiger partial charge in [-0.05, 0) is 12.1 Å². The van der Waals surface area contributed by atoms with Crippen molar-refractivity contribution in [2.45, 2.75) is 6.92 Å². The SMILES string of the molecule is CC(=O)N(c1cccnc1)S(C)(=O)=O. The van der Waals surface area contributed by atoms with E-state index in [9.17, 15) is 13.2 Å². The van der Waals surface area contributed by atoms with Gasteiger partial charge < -0.3 is 0 Å². The highest BCUT2D eigenvalue weighted by molar-refractivity contribution is 7.92. The van der Waals surface area contributed by atoms with E-state index in [0.717, 1.165) is 6.26 Å². The second-order valence-corrected chi connectivity index (χ2v) is 4.59. The molecule has 5 nitrogen and oxygen atoms in total. The van der Waals surface area contributed by atoms with E-state index >= 15 is 0 Å². The lowest BCUT2D eigenvalue weighted by Gasteiger charge is -2.17. The molecule has 76 valence electrons. The van der Waals surface area contributed by atoms with Crippen molar-refractivity contribution < 1.29 is 13.2 Å². The fourth-order valence-electron chi connectivity index (χ4n) is 1.08. The topological polar surface area (TPSA) is 67.3 Å². The Hall–Kier alpha value is -1.43. The molecule has 0 spiro atoms. The van der Waals surface area contributed by atoms with E-state index in [1.54, 1.807) is 6.07 Å². The molecule has 0 bridgehead atoms. The van der Waals surface area contributed by atoms with Crippen LogP contribution in [0.2, 0.25) is 0 Å². The molecule has 6 heteroatoms. The maximum absolute atomic E-state index is 11.3. The second-order valence-electron chi connectivity index (χ2n) is 2.76. The van der Waals surface area contributed by atoms with Crippen LogP contribution in [0.25, 0.3) is 0 Å². The molecule has 0 N–H and O–H groups in total. The minimum absolute atomic E-state index is 0.252. The third kappa shape index (κ3) is 2.29. The summed E-state index contributed by atoms with van der Waals surface area (Å²) in [6.45, 7) is 1.19. The summed E-state index contributed by atoms with van der Waals surface area (Å²) in [5.74, 6) is -0.555. The highest BCUT2D eigenvalue weighted by Gasteiger charge is 2.21. The molecule has 1 rings (SSSR count). The van der Waals surface area contributed by atoms with Gasteiger partial charge in [-0.15, -0.1) is 0 Å². The lowest BCUT2D eigenvalue weighted by atomic mass is 10.4. The molecule has 0 atom stereocenters. The Morgan fingerprint density at radius 3 is 2.50 bits per heavy atom. The van der Waals surface area contributed by atoms with Gasteiger partial charge in [0.25, 0.3) is 0 Å². The average molecular weight is 214 g/mol. The lowest BCUT2D eigenvalue weighted by molar-refractivity contribution is -0.115. The van der Waals surface area contributed by atoms with Crippen LogP contribution in [0.5, 0.6) is 0 Å². The van der Waals surface area contributed by atoms with E-state index in [4.69, 9.17) is 0 Å². The number of carbonyl (C=O) groups is 1. The number of rotatable bonds is 2. The number of aromatic nitrogens is 1. The van der Waals surface area contributed by atoms with Crippen molar-refractivity contribution in [2.75, 3.05) is 10.6 Å². The van der Waals surface area contributed by atoms with Gasteiger partial charge in [-0.1, -0.05) is 0 Å². The smallest absolute Gasteiger partial charge is 0.238 e. The van der Waals surface area contributed by atoms with Crippen LogP contribution in [0, 0.1) is 0 Å². The van der Waals surface area contributed by atoms with Gasteiger partial charge in [0.15, 0.2) is 0 Å². The number of anilines is 1. The van der Waals surface area contributed by atoms with Crippen LogP contribution < -0.4 is 4.31 Å². The number of hydrogen-bond acceptors (Lipinski definition) is 4. The number of sulfonamides is 1. The molecule has 0 aliphatic carbocycles. The molecule has 1 aromatic heterocycles. The van der Waals surface area contributed by atoms with E-state index in [1.165, 1.54) is 25.4 Å². The van der Waals surface area contributed by atoms with E-state index in [-0.39, 0.29) is 5.69 Å². The van der Waals surface area contributed by atoms with Crippen LogP contribution in [0.1, 0.15) is 6.92 Å². The van der Waals surface area contributed by atoms with Crippen molar-refractivity contribution in [1.82, 2.24) is 4.98 Å². The van der Waals surface area contributed by atoms with Crippen LogP contribution in [0.15, 0.2) is 24.5 Å². The number of amides is 1. The summed E-state index contributed by atoms with van der Waals surface area (Å²) in [6, 6.07) is 3.08. The molecule has 14 heavy (non-hydrogen) atoms. The summed E-state index contributed by atoms with van der Waals surface area (Å²) in [4.78, 5) is 14.9. The van der Waals surface area contributed by atoms with Gasteiger partial charge in [0.2, 0.25) is 15.9 Å². The van der Waals surface area contributed by atoms with Gasteiger partial charge in [-0.2, -0.15) is 0 Å². The van der Waals surface area contributed by atoms with Crippen LogP contribution in [-0.2, 0) is 14.8 Å². The zero-order valence-electron chi connectivity index (χ0n) is 7.84. The van der Waals surface area contributed by atoms with Crippen molar-refractivity contribution in [3.8, 4) is 0 Å². The predicted molar refractivity (Wildman–Crippen MR) is 52.2 cm³/mol. The highest BCUT2D eigenvalue weighted by Crippen LogP contribution is 2.15. The molecule has 1 amide bonds. The zero-order valence-corrected chi connectivity index (χ0v) is 8.65. The quantitative estimate of drug-likeness (QED) is 0.714. The third-order valence-electron chi connectivity index (χ3n) is 1.50. The first kappa shape index (κ1) is 10.6. The number of nitrogens with zero attached hydrogens (tertiary/aromatic N) is 2. The molecule has 1 heterocycles. The maximum atomic E-state index is 11.3. The third-order valence-corrected chi connectivity index (χ3v) is 2.63. The maximum Gasteiger partial charge on any atom is 0.238 e. The predicted octanol–water partition coefficient (Wildman–Crippen LogP) is 0.394. The van der Waals surface area contributed by atoms with Crippen LogP contribution in [-0.4, -0.2) is 25.6 Å². The highest BCUT2D eigenvalue weighted by atomic mass is 32.2. The standard InChI is InChI=1S/C8H10N2O3S/c1-7(11)10(14(2,12)13)8-4-3-5-9-6-8/h3-6H,1-2H3. The Balaban J connectivity index is 3.22. The fraction of sp³-hybridized carbons (Fsp3) is 0.250. The van der Waals surface area contributed by atoms with Gasteiger partial charge >= 0.3 is 0 Å². The lowest BCUT2D eigenvalue weighted by Crippen LogP contribution is -2.34. The molecular formula is C8H10N2O3S. The zero-order chi connectivity index (χ0) is 10.8. The molecular weight excluding hydrogens is 204 g/mol. The summed E-state index contributed by atoms with van der Waals surface area (Å²) >= 11 is 0. The van der Waals surface area contributed by atoms with Gasteiger partial charge in [0.05, 0.1) is 18.1 Å². The Labute approximate surface area is 82.4 Å². The first-order chi connectivity index (χ1) is 6.43. The van der Waals surface area contributed by atoms with Crippen LogP contribution in [0.4, 0.5) is 5.69 Å². The number of carbonyl (C=O) groups excluding carboxylic acids is 1. The molecule has 0 aliphatic heterocycles. The molecule has 0 aliphatic rings. The minimum Gasteiger partial charge on any atom is -0.274 e. The first-order valence-corrected chi connectivity index (χ1v) is 5.68. The molecule has 0 aromatic carbocycles. The van der Waals surface area contributed by atoms with Crippen molar-refractivity contribution in [3.05, 3.63) is 24.5 Å². The molecule has 1 aromatic rings. The largest absolute Gasteiger partial charge is 0.274 e. The Morgan fingerprint density at radius 1 is 1.50 bits per heavy atom. The molecule has 0 unspecified atom stereocenters. The summed E-state index contributed by atoms with van der Waals surface area (Å²) in [5.41, 5.74) is 0.252. The Morgan fingerprint density at radius 2 is 2.14 bits per heavy atom. The van der Waals surface area contributed by atoms with Crippen molar-refractivity contribution >= 4 is 21.6 Å². The van der Waals surface area contributed by atoms with E-state index in [1.807, 2.05) is 0 Å². The first-order valence-electron chi connectivity index (χ1n) is 3.84. The van der Waals surface area contributed by atoms with E-state index < -0.39 is 15.9 Å². The van der Waals surface area contributed by atoms with Crippen molar-refractivity contribution in [2.24, 2.45) is 0 Å². The summed E-state index contributed by atoms with van der Waals surface area (Å²) in [7, 11) is -3.57. The summed E-state index contributed by atoms with van der Waals surface area (Å²) in [5, 5.41) is 0. The molecule has 0 saturated heterocycles. The van der Waals surface area contributed by atoms with E-state index in [0.29, 0.717) is 4.31 Å². The van der Waals surface area contributed by atoms with Crippen LogP contribution >= 0.6 is 0 Å². The second kappa shape index (κ2) is 3.75. The normalized spacial score (nSPS) is 11.0. The van der Waals surface area contributed by atoms with Gasteiger partial charge in [-0.25, -0.2) is 12.7 Å². The van der Waals surface area contributed by atoms with Gasteiger partial charge in [0.1, 0.15) is 0 Å². The molecule has 0 fully saturated rings. The number of hydrogen-bond donors (Lipinski definition) is 0. The van der Waals surface area contributed by atoms with Gasteiger partial charge in [-0.3, -0.25) is 9.78 Å². The average Bonchev–Trinajstić information content (AvgIpc) is 2.02. The monoisotopic (exact) mass is 214 g/mol. The molecule has 0 radical (unpaired) electrons. The number of pyridine rings is 1. The Bertz CT molecular complexity index is 427. The van der Waals surface area contributed by atoms with Gasteiger partial charge in [0, 0.05) is 13.1 Å².